The highest BCUT2D eigenvalue weighted by Crippen LogP contribution is 2.36. The van der Waals surface area contributed by atoms with E-state index in [0.29, 0.717) is 35.6 Å². The van der Waals surface area contributed by atoms with Gasteiger partial charge in [-0.3, -0.25) is 5.32 Å². The number of hydrogen-bond donors (Lipinski definition) is 1. The maximum atomic E-state index is 13.0. The normalized spacial score (nSPS) is 15.3. The van der Waals surface area contributed by atoms with Crippen molar-refractivity contribution in [3.63, 3.8) is 0 Å². The van der Waals surface area contributed by atoms with Crippen LogP contribution >= 0.6 is 34.5 Å². The molecule has 0 atom stereocenters. The van der Waals surface area contributed by atoms with E-state index in [0.717, 1.165) is 23.6 Å². The number of carbonyl (C=O) groups excluding carboxylic acids is 1. The minimum Gasteiger partial charge on any atom is -0.353 e. The number of nitrogens with one attached hydrogen (secondary N) is 1. The van der Waals surface area contributed by atoms with Crippen molar-refractivity contribution in [2.75, 3.05) is 36.4 Å². The monoisotopic (exact) mass is 425 g/mol. The number of carbonyl (C=O) groups is 1. The summed E-state index contributed by atoms with van der Waals surface area (Å²) in [5, 5.41) is 2.58. The largest absolute Gasteiger partial charge is 0.418 e. The van der Waals surface area contributed by atoms with E-state index in [-0.39, 0.29) is 11.8 Å². The topological polar surface area (TPSA) is 61.4 Å². The fourth-order valence-corrected chi connectivity index (χ4v) is 3.45. The summed E-state index contributed by atoms with van der Waals surface area (Å²) >= 11 is 12.5. The molecule has 12 heteroatoms. The van der Waals surface area contributed by atoms with Crippen LogP contribution in [0.3, 0.4) is 0 Å². The van der Waals surface area contributed by atoms with Crippen molar-refractivity contribution in [1.82, 2.24) is 14.9 Å². The van der Waals surface area contributed by atoms with E-state index in [4.69, 9.17) is 23.2 Å². The Morgan fingerprint density at radius 1 is 1.15 bits per heavy atom. The predicted octanol–water partition coefficient (Wildman–Crippen LogP) is 4.22. The fourth-order valence-electron chi connectivity index (χ4n) is 2.44. The van der Waals surface area contributed by atoms with Crippen molar-refractivity contribution in [2.24, 2.45) is 0 Å². The van der Waals surface area contributed by atoms with Gasteiger partial charge in [0.25, 0.3) is 0 Å². The molecule has 1 aliphatic heterocycles. The van der Waals surface area contributed by atoms with Crippen LogP contribution in [0.4, 0.5) is 28.9 Å². The van der Waals surface area contributed by atoms with E-state index >= 15 is 0 Å². The summed E-state index contributed by atoms with van der Waals surface area (Å²) in [7, 11) is 0. The lowest BCUT2D eigenvalue weighted by molar-refractivity contribution is -0.137. The quantitative estimate of drug-likeness (QED) is 0.782. The molecule has 1 aliphatic rings. The van der Waals surface area contributed by atoms with Gasteiger partial charge >= 0.3 is 12.2 Å². The molecular formula is C14H12Cl2F3N5OS. The minimum atomic E-state index is -4.55. The molecule has 140 valence electrons. The molecule has 0 unspecified atom stereocenters. The Morgan fingerprint density at radius 3 is 2.42 bits per heavy atom. The molecule has 0 radical (unpaired) electrons. The van der Waals surface area contributed by atoms with Gasteiger partial charge in [0.2, 0.25) is 0 Å². The summed E-state index contributed by atoms with van der Waals surface area (Å²) in [6, 6.07) is 0.589. The number of thiazole rings is 1. The average molecular weight is 426 g/mol. The molecule has 0 aliphatic carbocycles. The molecule has 3 heterocycles. The van der Waals surface area contributed by atoms with Gasteiger partial charge in [0.1, 0.15) is 10.2 Å². The second-order valence-electron chi connectivity index (χ2n) is 5.39. The fraction of sp³-hybridized carbons (Fsp3) is 0.357. The number of alkyl halides is 3. The summed E-state index contributed by atoms with van der Waals surface area (Å²) in [6.07, 6.45) is -2.12. The number of aromatic nitrogens is 2. The van der Waals surface area contributed by atoms with Gasteiger partial charge in [0.15, 0.2) is 5.13 Å². The van der Waals surface area contributed by atoms with Crippen LogP contribution in [0, 0.1) is 0 Å². The van der Waals surface area contributed by atoms with Gasteiger partial charge in [-0.15, -0.1) is 0 Å². The van der Waals surface area contributed by atoms with Gasteiger partial charge in [0.05, 0.1) is 16.8 Å². The molecule has 1 saturated heterocycles. The van der Waals surface area contributed by atoms with Crippen molar-refractivity contribution in [3.05, 3.63) is 33.4 Å². The van der Waals surface area contributed by atoms with E-state index in [1.807, 2.05) is 0 Å². The Balaban J connectivity index is 1.62. The number of halogens is 5. The zero-order chi connectivity index (χ0) is 18.9. The molecule has 1 N–H and O–H groups in total. The Morgan fingerprint density at radius 2 is 1.85 bits per heavy atom. The first-order valence-electron chi connectivity index (χ1n) is 7.39. The second-order valence-corrected chi connectivity index (χ2v) is 7.46. The minimum absolute atomic E-state index is 0.175. The second kappa shape index (κ2) is 7.45. The number of hydrogen-bond acceptors (Lipinski definition) is 5. The zero-order valence-corrected chi connectivity index (χ0v) is 15.4. The van der Waals surface area contributed by atoms with E-state index in [9.17, 15) is 18.0 Å². The maximum absolute atomic E-state index is 13.0. The number of piperazine rings is 1. The lowest BCUT2D eigenvalue weighted by Crippen LogP contribution is -2.50. The number of amides is 2. The maximum Gasteiger partial charge on any atom is 0.418 e. The molecule has 2 aromatic heterocycles. The van der Waals surface area contributed by atoms with Crippen LogP contribution in [0.5, 0.6) is 0 Å². The third-order valence-corrected chi connectivity index (χ3v) is 5.06. The summed E-state index contributed by atoms with van der Waals surface area (Å²) < 4.78 is 39.4. The van der Waals surface area contributed by atoms with Crippen molar-refractivity contribution < 1.29 is 18.0 Å². The highest BCUT2D eigenvalue weighted by molar-refractivity contribution is 7.19. The molecule has 0 saturated carbocycles. The Kier molecular flexibility index (Phi) is 5.44. The first-order valence-corrected chi connectivity index (χ1v) is 8.96. The van der Waals surface area contributed by atoms with Crippen LogP contribution in [-0.4, -0.2) is 47.1 Å². The Hall–Kier alpha value is -1.78. The lowest BCUT2D eigenvalue weighted by atomic mass is 10.2. The molecule has 2 amide bonds. The van der Waals surface area contributed by atoms with Crippen molar-refractivity contribution in [2.45, 2.75) is 6.18 Å². The molecule has 0 bridgehead atoms. The third kappa shape index (κ3) is 4.30. The summed E-state index contributed by atoms with van der Waals surface area (Å²) in [4.78, 5) is 23.3. The Labute approximate surface area is 160 Å². The number of nitrogens with zero attached hydrogens (tertiary/aromatic N) is 4. The lowest BCUT2D eigenvalue weighted by Gasteiger charge is -2.35. The van der Waals surface area contributed by atoms with E-state index in [1.54, 1.807) is 9.80 Å². The SMILES string of the molecule is O=C(Nc1ncc(Cl)s1)N1CCN(c2cc(C(F)(F)F)c(Cl)cn2)CC1. The van der Waals surface area contributed by atoms with Gasteiger partial charge in [-0.25, -0.2) is 14.8 Å². The molecule has 6 nitrogen and oxygen atoms in total. The molecule has 26 heavy (non-hydrogen) atoms. The smallest absolute Gasteiger partial charge is 0.353 e. The molecule has 3 rings (SSSR count). The average Bonchev–Trinajstić information content (AvgIpc) is 2.99. The summed E-state index contributed by atoms with van der Waals surface area (Å²) in [6.45, 7) is 1.35. The van der Waals surface area contributed by atoms with E-state index < -0.39 is 16.8 Å². The number of pyridine rings is 1. The summed E-state index contributed by atoms with van der Waals surface area (Å²) in [5.74, 6) is 0.175. The van der Waals surface area contributed by atoms with E-state index in [1.165, 1.54) is 6.20 Å². The molecule has 0 spiro atoms. The van der Waals surface area contributed by atoms with Crippen LogP contribution in [0.25, 0.3) is 0 Å². The number of urea groups is 1. The first-order chi connectivity index (χ1) is 12.2. The van der Waals surface area contributed by atoms with Crippen molar-refractivity contribution in [1.29, 1.82) is 0 Å². The van der Waals surface area contributed by atoms with Crippen molar-refractivity contribution in [3.8, 4) is 0 Å². The highest BCUT2D eigenvalue weighted by Gasteiger charge is 2.34. The number of rotatable bonds is 2. The molecule has 2 aromatic rings. The van der Waals surface area contributed by atoms with Crippen molar-refractivity contribution >= 4 is 51.5 Å². The highest BCUT2D eigenvalue weighted by atomic mass is 35.5. The van der Waals surface area contributed by atoms with Gasteiger partial charge in [0, 0.05) is 32.4 Å². The van der Waals surface area contributed by atoms with Gasteiger partial charge < -0.3 is 9.80 Å². The van der Waals surface area contributed by atoms with Gasteiger partial charge in [-0.2, -0.15) is 13.2 Å². The Bertz CT molecular complexity index is 808. The van der Waals surface area contributed by atoms with Crippen LogP contribution in [0.1, 0.15) is 5.56 Å². The first kappa shape index (κ1) is 19.0. The third-order valence-electron chi connectivity index (χ3n) is 3.73. The van der Waals surface area contributed by atoms with Crippen LogP contribution in [0.2, 0.25) is 9.36 Å². The number of anilines is 2. The van der Waals surface area contributed by atoms with Crippen LogP contribution < -0.4 is 10.2 Å². The molecular weight excluding hydrogens is 414 g/mol. The molecule has 0 aromatic carbocycles. The molecule has 1 fully saturated rings. The standard InChI is InChI=1S/C14H12Cl2F3N5OS/c15-9-6-20-11(5-8(9)14(17,18)19)23-1-3-24(4-2-23)13(25)22-12-21-7-10(16)26-12/h5-7H,1-4H2,(H,21,22,25). The summed E-state index contributed by atoms with van der Waals surface area (Å²) in [5.41, 5.74) is -0.926. The van der Waals surface area contributed by atoms with Gasteiger partial charge in [-0.05, 0) is 6.07 Å². The predicted molar refractivity (Wildman–Crippen MR) is 94.2 cm³/mol. The van der Waals surface area contributed by atoms with Crippen LogP contribution in [0.15, 0.2) is 18.5 Å². The zero-order valence-electron chi connectivity index (χ0n) is 13.1. The van der Waals surface area contributed by atoms with E-state index in [2.05, 4.69) is 15.3 Å². The van der Waals surface area contributed by atoms with Crippen LogP contribution in [-0.2, 0) is 6.18 Å². The van der Waals surface area contributed by atoms with Gasteiger partial charge in [-0.1, -0.05) is 34.5 Å².